The van der Waals surface area contributed by atoms with E-state index in [-0.39, 0.29) is 18.5 Å². The Morgan fingerprint density at radius 3 is 1.05 bits per heavy atom. The molecule has 0 aromatic carbocycles. The second-order valence-corrected chi connectivity index (χ2v) is 20.3. The maximum atomic E-state index is 12.4. The highest BCUT2D eigenvalue weighted by Crippen LogP contribution is 2.18. The molecule has 0 aliphatic rings. The number of aliphatic hydroxyl groups excluding tert-OH is 2. The second-order valence-electron chi connectivity index (χ2n) is 20.3. The molecule has 0 saturated heterocycles. The number of hydrogen-bond acceptors (Lipinski definition) is 5. The number of aliphatic hydroxyl groups is 2. The molecule has 0 fully saturated rings. The lowest BCUT2D eigenvalue weighted by Crippen LogP contribution is -2.45. The van der Waals surface area contributed by atoms with Gasteiger partial charge in [0.2, 0.25) is 5.91 Å². The van der Waals surface area contributed by atoms with Gasteiger partial charge in [-0.3, -0.25) is 9.59 Å². The second kappa shape index (κ2) is 55.2. The van der Waals surface area contributed by atoms with Gasteiger partial charge in [-0.15, -0.1) is 0 Å². The summed E-state index contributed by atoms with van der Waals surface area (Å²) in [6.07, 6.45) is 65.3. The number of unbranched alkanes of at least 4 members (excludes halogenated alkanes) is 44. The van der Waals surface area contributed by atoms with Gasteiger partial charge in [0.25, 0.3) is 0 Å². The van der Waals surface area contributed by atoms with Gasteiger partial charge in [-0.05, 0) is 32.1 Å². The number of carbonyl (C=O) groups excluding carboxylic acids is 2. The number of ether oxygens (including phenoxy) is 1. The highest BCUT2D eigenvalue weighted by atomic mass is 16.5. The molecule has 0 aromatic heterocycles. The fraction of sp³-hybridized carbons (Fsp3) is 0.932. The van der Waals surface area contributed by atoms with E-state index in [4.69, 9.17) is 4.74 Å². The third-order valence-electron chi connectivity index (χ3n) is 13.8. The standard InChI is InChI=1S/C59H115NO5/c1-3-5-7-9-11-13-15-16-17-18-24-27-30-33-37-41-45-49-53-59(64)65-54-50-46-42-38-34-31-28-25-22-20-19-21-23-26-29-32-36-40-44-48-52-58(63)60-56(55-61)57(62)51-47-43-39-35-14-12-10-8-6-4-2/h47,51,56-57,61-62H,3-46,48-50,52-55H2,1-2H3,(H,60,63)/b51-47+. The Morgan fingerprint density at radius 2 is 0.708 bits per heavy atom. The Morgan fingerprint density at radius 1 is 0.415 bits per heavy atom. The van der Waals surface area contributed by atoms with E-state index in [0.717, 1.165) is 38.5 Å². The van der Waals surface area contributed by atoms with Crippen LogP contribution in [-0.4, -0.2) is 47.4 Å². The highest BCUT2D eigenvalue weighted by molar-refractivity contribution is 5.76. The first kappa shape index (κ1) is 63.6. The van der Waals surface area contributed by atoms with E-state index in [1.54, 1.807) is 6.08 Å². The number of hydrogen-bond donors (Lipinski definition) is 3. The van der Waals surface area contributed by atoms with Crippen molar-refractivity contribution in [3.63, 3.8) is 0 Å². The van der Waals surface area contributed by atoms with Crippen molar-refractivity contribution in [1.82, 2.24) is 5.32 Å². The summed E-state index contributed by atoms with van der Waals surface area (Å²) in [7, 11) is 0. The van der Waals surface area contributed by atoms with Crippen molar-refractivity contribution in [2.45, 2.75) is 341 Å². The van der Waals surface area contributed by atoms with Gasteiger partial charge in [0.05, 0.1) is 25.4 Å². The SMILES string of the molecule is CCCCCCCCCC/C=C/C(O)C(CO)NC(=O)CCCCCCCCCCCCCCCCCCCCCCOC(=O)CCCCCCCCCCCCCCCCCCCC. The average Bonchev–Trinajstić information content (AvgIpc) is 3.31. The predicted octanol–water partition coefficient (Wildman–Crippen LogP) is 18.1. The van der Waals surface area contributed by atoms with Crippen LogP contribution >= 0.6 is 0 Å². The number of amides is 1. The summed E-state index contributed by atoms with van der Waals surface area (Å²) < 4.78 is 5.50. The molecule has 0 rings (SSSR count). The molecule has 0 spiro atoms. The first-order valence-corrected chi connectivity index (χ1v) is 29.5. The molecule has 0 radical (unpaired) electrons. The van der Waals surface area contributed by atoms with Crippen molar-refractivity contribution < 1.29 is 24.5 Å². The van der Waals surface area contributed by atoms with Crippen molar-refractivity contribution in [2.24, 2.45) is 0 Å². The van der Waals surface area contributed by atoms with E-state index in [0.29, 0.717) is 19.4 Å². The molecule has 0 saturated carbocycles. The molecule has 0 aromatic rings. The maximum absolute atomic E-state index is 12.4. The summed E-state index contributed by atoms with van der Waals surface area (Å²) in [6, 6.07) is -0.626. The smallest absolute Gasteiger partial charge is 0.305 e. The minimum absolute atomic E-state index is 0.0146. The van der Waals surface area contributed by atoms with Gasteiger partial charge in [-0.2, -0.15) is 0 Å². The molecule has 0 aliphatic carbocycles. The van der Waals surface area contributed by atoms with E-state index >= 15 is 0 Å². The lowest BCUT2D eigenvalue weighted by molar-refractivity contribution is -0.143. The largest absolute Gasteiger partial charge is 0.466 e. The van der Waals surface area contributed by atoms with Crippen LogP contribution in [0.2, 0.25) is 0 Å². The molecular formula is C59H115NO5. The summed E-state index contributed by atoms with van der Waals surface area (Å²) in [5.74, 6) is -0.0559. The van der Waals surface area contributed by atoms with Crippen LogP contribution in [0.15, 0.2) is 12.2 Å². The molecule has 1 amide bonds. The molecule has 3 N–H and O–H groups in total. The van der Waals surface area contributed by atoms with Crippen LogP contribution < -0.4 is 5.32 Å². The van der Waals surface area contributed by atoms with Crippen molar-refractivity contribution >= 4 is 11.9 Å². The van der Waals surface area contributed by atoms with E-state index in [1.807, 2.05) is 6.08 Å². The van der Waals surface area contributed by atoms with E-state index in [1.165, 1.54) is 263 Å². The molecule has 2 atom stereocenters. The number of nitrogens with one attached hydrogen (secondary N) is 1. The average molecular weight is 919 g/mol. The Balaban J connectivity index is 3.35. The van der Waals surface area contributed by atoms with Crippen molar-refractivity contribution in [2.75, 3.05) is 13.2 Å². The zero-order chi connectivity index (χ0) is 47.2. The first-order valence-electron chi connectivity index (χ1n) is 29.5. The van der Waals surface area contributed by atoms with Crippen LogP contribution in [0.1, 0.15) is 328 Å². The van der Waals surface area contributed by atoms with Gasteiger partial charge in [0, 0.05) is 12.8 Å². The van der Waals surface area contributed by atoms with Crippen LogP contribution in [0.25, 0.3) is 0 Å². The summed E-state index contributed by atoms with van der Waals surface area (Å²) in [5, 5.41) is 23.0. The zero-order valence-electron chi connectivity index (χ0n) is 44.0. The van der Waals surface area contributed by atoms with Crippen molar-refractivity contribution in [3.05, 3.63) is 12.2 Å². The molecule has 0 bridgehead atoms. The normalized spacial score (nSPS) is 12.6. The molecule has 386 valence electrons. The van der Waals surface area contributed by atoms with Crippen LogP contribution in [0.3, 0.4) is 0 Å². The number of allylic oxidation sites excluding steroid dienone is 1. The quantitative estimate of drug-likeness (QED) is 0.0321. The Labute approximate surface area is 406 Å². The Hall–Kier alpha value is -1.40. The Kier molecular flexibility index (Phi) is 54.0. The predicted molar refractivity (Wildman–Crippen MR) is 283 cm³/mol. The first-order chi connectivity index (χ1) is 32.0. The third kappa shape index (κ3) is 51.8. The maximum Gasteiger partial charge on any atom is 0.305 e. The number of esters is 1. The molecule has 0 heterocycles. The van der Waals surface area contributed by atoms with Gasteiger partial charge in [0.1, 0.15) is 0 Å². The third-order valence-corrected chi connectivity index (χ3v) is 13.8. The summed E-state index contributed by atoms with van der Waals surface area (Å²) in [6.45, 7) is 4.90. The van der Waals surface area contributed by atoms with Gasteiger partial charge in [-0.25, -0.2) is 0 Å². The fourth-order valence-corrected chi connectivity index (χ4v) is 9.28. The molecule has 6 nitrogen and oxygen atoms in total. The van der Waals surface area contributed by atoms with E-state index < -0.39 is 12.1 Å². The van der Waals surface area contributed by atoms with Crippen LogP contribution in [0, 0.1) is 0 Å². The van der Waals surface area contributed by atoms with Crippen LogP contribution in [0.4, 0.5) is 0 Å². The summed E-state index contributed by atoms with van der Waals surface area (Å²) >= 11 is 0. The van der Waals surface area contributed by atoms with Gasteiger partial charge in [0.15, 0.2) is 0 Å². The Bertz CT molecular complexity index is 970. The number of rotatable bonds is 55. The minimum atomic E-state index is -0.843. The monoisotopic (exact) mass is 918 g/mol. The zero-order valence-corrected chi connectivity index (χ0v) is 44.0. The highest BCUT2D eigenvalue weighted by Gasteiger charge is 2.18. The number of carbonyl (C=O) groups is 2. The van der Waals surface area contributed by atoms with Gasteiger partial charge in [-0.1, -0.05) is 296 Å². The molecular weight excluding hydrogens is 803 g/mol. The van der Waals surface area contributed by atoms with Gasteiger partial charge >= 0.3 is 5.97 Å². The molecule has 6 heteroatoms. The fourth-order valence-electron chi connectivity index (χ4n) is 9.28. The lowest BCUT2D eigenvalue weighted by atomic mass is 10.0. The molecule has 0 aliphatic heterocycles. The van der Waals surface area contributed by atoms with Crippen LogP contribution in [-0.2, 0) is 14.3 Å². The lowest BCUT2D eigenvalue weighted by Gasteiger charge is -2.20. The minimum Gasteiger partial charge on any atom is -0.466 e. The van der Waals surface area contributed by atoms with Crippen LogP contribution in [0.5, 0.6) is 0 Å². The summed E-state index contributed by atoms with van der Waals surface area (Å²) in [5.41, 5.74) is 0. The molecule has 65 heavy (non-hydrogen) atoms. The summed E-state index contributed by atoms with van der Waals surface area (Å²) in [4.78, 5) is 24.5. The van der Waals surface area contributed by atoms with Crippen molar-refractivity contribution in [1.29, 1.82) is 0 Å². The topological polar surface area (TPSA) is 95.9 Å². The van der Waals surface area contributed by atoms with E-state index in [9.17, 15) is 19.8 Å². The van der Waals surface area contributed by atoms with Crippen molar-refractivity contribution in [3.8, 4) is 0 Å². The van der Waals surface area contributed by atoms with E-state index in [2.05, 4.69) is 19.2 Å². The van der Waals surface area contributed by atoms with Gasteiger partial charge < -0.3 is 20.3 Å². The molecule has 2 unspecified atom stereocenters.